The summed E-state index contributed by atoms with van der Waals surface area (Å²) in [6.45, 7) is 1.76. The maximum atomic E-state index is 10.9. The molecule has 0 heterocycles. The SMILES string of the molecule is Cc1cccc(CCC=O)c1C(=O)O. The molecule has 0 fully saturated rings. The van der Waals surface area contributed by atoms with Gasteiger partial charge in [-0.3, -0.25) is 0 Å². The van der Waals surface area contributed by atoms with E-state index in [1.54, 1.807) is 19.1 Å². The van der Waals surface area contributed by atoms with Gasteiger partial charge in [0, 0.05) is 6.42 Å². The Morgan fingerprint density at radius 1 is 1.50 bits per heavy atom. The average molecular weight is 192 g/mol. The van der Waals surface area contributed by atoms with Gasteiger partial charge < -0.3 is 9.90 Å². The molecular weight excluding hydrogens is 180 g/mol. The van der Waals surface area contributed by atoms with Crippen LogP contribution in [0.15, 0.2) is 18.2 Å². The summed E-state index contributed by atoms with van der Waals surface area (Å²) in [7, 11) is 0. The molecule has 0 radical (unpaired) electrons. The van der Waals surface area contributed by atoms with Crippen molar-refractivity contribution < 1.29 is 14.7 Å². The second-order valence-corrected chi connectivity index (χ2v) is 3.12. The number of carbonyl (C=O) groups excluding carboxylic acids is 1. The molecule has 0 aliphatic rings. The van der Waals surface area contributed by atoms with Crippen LogP contribution in [0.25, 0.3) is 0 Å². The van der Waals surface area contributed by atoms with Gasteiger partial charge in [0.15, 0.2) is 0 Å². The molecule has 0 aliphatic carbocycles. The standard InChI is InChI=1S/C11H12O3/c1-8-4-2-5-9(6-3-7-12)10(8)11(13)14/h2,4-5,7H,3,6H2,1H3,(H,13,14). The van der Waals surface area contributed by atoms with Crippen LogP contribution in [0, 0.1) is 6.92 Å². The number of carboxylic acids is 1. The van der Waals surface area contributed by atoms with E-state index in [0.29, 0.717) is 18.4 Å². The average Bonchev–Trinajstić information content (AvgIpc) is 2.14. The highest BCUT2D eigenvalue weighted by Crippen LogP contribution is 2.15. The van der Waals surface area contributed by atoms with E-state index in [0.717, 1.165) is 17.4 Å². The smallest absolute Gasteiger partial charge is 0.336 e. The second-order valence-electron chi connectivity index (χ2n) is 3.12. The molecule has 1 rings (SSSR count). The molecule has 0 saturated heterocycles. The van der Waals surface area contributed by atoms with E-state index in [1.807, 2.05) is 6.07 Å². The first-order valence-electron chi connectivity index (χ1n) is 4.42. The lowest BCUT2D eigenvalue weighted by Gasteiger charge is -2.06. The number of rotatable bonds is 4. The van der Waals surface area contributed by atoms with Gasteiger partial charge in [-0.25, -0.2) is 4.79 Å². The molecule has 1 aromatic rings. The van der Waals surface area contributed by atoms with Crippen molar-refractivity contribution in [3.63, 3.8) is 0 Å². The Labute approximate surface area is 82.4 Å². The van der Waals surface area contributed by atoms with Crippen LogP contribution in [0.2, 0.25) is 0 Å². The number of aromatic carboxylic acids is 1. The quantitative estimate of drug-likeness (QED) is 0.740. The molecule has 3 nitrogen and oxygen atoms in total. The van der Waals surface area contributed by atoms with Crippen molar-refractivity contribution in [2.75, 3.05) is 0 Å². The Balaban J connectivity index is 3.07. The number of carboxylic acid groups (broad SMARTS) is 1. The minimum absolute atomic E-state index is 0.328. The Hall–Kier alpha value is -1.64. The first-order chi connectivity index (χ1) is 6.66. The molecule has 74 valence electrons. The Morgan fingerprint density at radius 3 is 2.79 bits per heavy atom. The third-order valence-electron chi connectivity index (χ3n) is 2.10. The minimum atomic E-state index is -0.927. The van der Waals surface area contributed by atoms with Crippen molar-refractivity contribution in [3.8, 4) is 0 Å². The topological polar surface area (TPSA) is 54.4 Å². The first-order valence-corrected chi connectivity index (χ1v) is 4.42. The van der Waals surface area contributed by atoms with E-state index >= 15 is 0 Å². The van der Waals surface area contributed by atoms with Crippen LogP contribution in [-0.2, 0) is 11.2 Å². The summed E-state index contributed by atoms with van der Waals surface area (Å²) in [6, 6.07) is 5.32. The monoisotopic (exact) mass is 192 g/mol. The molecule has 14 heavy (non-hydrogen) atoms. The largest absolute Gasteiger partial charge is 0.478 e. The van der Waals surface area contributed by atoms with Gasteiger partial charge in [-0.1, -0.05) is 18.2 Å². The Morgan fingerprint density at radius 2 is 2.21 bits per heavy atom. The van der Waals surface area contributed by atoms with Crippen LogP contribution in [0.4, 0.5) is 0 Å². The van der Waals surface area contributed by atoms with E-state index in [2.05, 4.69) is 0 Å². The number of aldehydes is 1. The fraction of sp³-hybridized carbons (Fsp3) is 0.273. The Bertz CT molecular complexity index is 356. The van der Waals surface area contributed by atoms with Crippen molar-refractivity contribution in [2.24, 2.45) is 0 Å². The molecule has 0 unspecified atom stereocenters. The van der Waals surface area contributed by atoms with Gasteiger partial charge >= 0.3 is 5.97 Å². The van der Waals surface area contributed by atoms with E-state index in [1.165, 1.54) is 0 Å². The zero-order chi connectivity index (χ0) is 10.6. The molecule has 1 N–H and O–H groups in total. The lowest BCUT2D eigenvalue weighted by molar-refractivity contribution is -0.107. The van der Waals surface area contributed by atoms with Crippen LogP contribution in [-0.4, -0.2) is 17.4 Å². The lowest BCUT2D eigenvalue weighted by atomic mass is 9.99. The van der Waals surface area contributed by atoms with Crippen molar-refractivity contribution >= 4 is 12.3 Å². The predicted octanol–water partition coefficient (Wildman–Crippen LogP) is 1.82. The lowest BCUT2D eigenvalue weighted by Crippen LogP contribution is -2.05. The number of hydrogen-bond acceptors (Lipinski definition) is 2. The van der Waals surface area contributed by atoms with Crippen molar-refractivity contribution in [1.82, 2.24) is 0 Å². The van der Waals surface area contributed by atoms with E-state index < -0.39 is 5.97 Å². The summed E-state index contributed by atoms with van der Waals surface area (Å²) in [5.74, 6) is -0.927. The zero-order valence-corrected chi connectivity index (χ0v) is 7.99. The van der Waals surface area contributed by atoms with Crippen molar-refractivity contribution in [1.29, 1.82) is 0 Å². The molecule has 1 aromatic carbocycles. The Kier molecular flexibility index (Phi) is 3.40. The summed E-state index contributed by atoms with van der Waals surface area (Å²) in [5, 5.41) is 8.96. The molecule has 0 aromatic heterocycles. The van der Waals surface area contributed by atoms with Crippen molar-refractivity contribution in [2.45, 2.75) is 19.8 Å². The summed E-state index contributed by atoms with van der Waals surface area (Å²) < 4.78 is 0. The summed E-state index contributed by atoms with van der Waals surface area (Å²) in [6.07, 6.45) is 1.66. The van der Waals surface area contributed by atoms with Gasteiger partial charge in [0.2, 0.25) is 0 Å². The predicted molar refractivity (Wildman–Crippen MR) is 52.5 cm³/mol. The van der Waals surface area contributed by atoms with Gasteiger partial charge in [-0.2, -0.15) is 0 Å². The molecule has 3 heteroatoms. The molecular formula is C11H12O3. The molecule has 0 amide bonds. The van der Waals surface area contributed by atoms with Gasteiger partial charge in [0.1, 0.15) is 6.29 Å². The van der Waals surface area contributed by atoms with Gasteiger partial charge in [-0.15, -0.1) is 0 Å². The van der Waals surface area contributed by atoms with Crippen LogP contribution in [0.1, 0.15) is 27.9 Å². The summed E-state index contributed by atoms with van der Waals surface area (Å²) >= 11 is 0. The molecule has 0 saturated carbocycles. The minimum Gasteiger partial charge on any atom is -0.478 e. The number of hydrogen-bond donors (Lipinski definition) is 1. The maximum absolute atomic E-state index is 10.9. The highest BCUT2D eigenvalue weighted by Gasteiger charge is 2.11. The van der Waals surface area contributed by atoms with Crippen LogP contribution >= 0.6 is 0 Å². The normalized spacial score (nSPS) is 9.79. The fourth-order valence-electron chi connectivity index (χ4n) is 1.46. The maximum Gasteiger partial charge on any atom is 0.336 e. The first kappa shape index (κ1) is 10.4. The van der Waals surface area contributed by atoms with E-state index in [-0.39, 0.29) is 0 Å². The third kappa shape index (κ3) is 2.19. The van der Waals surface area contributed by atoms with E-state index in [4.69, 9.17) is 5.11 Å². The highest BCUT2D eigenvalue weighted by molar-refractivity contribution is 5.91. The number of carbonyl (C=O) groups is 2. The molecule has 0 spiro atoms. The van der Waals surface area contributed by atoms with Crippen LogP contribution in [0.5, 0.6) is 0 Å². The van der Waals surface area contributed by atoms with Crippen molar-refractivity contribution in [3.05, 3.63) is 34.9 Å². The summed E-state index contributed by atoms with van der Waals surface area (Å²) in [5.41, 5.74) is 1.79. The number of benzene rings is 1. The van der Waals surface area contributed by atoms with Gasteiger partial charge in [0.05, 0.1) is 5.56 Å². The second kappa shape index (κ2) is 4.56. The molecule has 0 atom stereocenters. The summed E-state index contributed by atoms with van der Waals surface area (Å²) in [4.78, 5) is 21.1. The van der Waals surface area contributed by atoms with E-state index in [9.17, 15) is 9.59 Å². The zero-order valence-electron chi connectivity index (χ0n) is 7.99. The van der Waals surface area contributed by atoms with Crippen LogP contribution in [0.3, 0.4) is 0 Å². The number of aryl methyl sites for hydroxylation is 2. The molecule has 0 bridgehead atoms. The van der Waals surface area contributed by atoms with Gasteiger partial charge in [0.25, 0.3) is 0 Å². The fourth-order valence-corrected chi connectivity index (χ4v) is 1.46. The van der Waals surface area contributed by atoms with Gasteiger partial charge in [-0.05, 0) is 24.5 Å². The highest BCUT2D eigenvalue weighted by atomic mass is 16.4. The van der Waals surface area contributed by atoms with Crippen LogP contribution < -0.4 is 0 Å². The third-order valence-corrected chi connectivity index (χ3v) is 2.10. The molecule has 0 aliphatic heterocycles.